The summed E-state index contributed by atoms with van der Waals surface area (Å²) in [6.07, 6.45) is 5.26. The molecule has 8 heteroatoms. The summed E-state index contributed by atoms with van der Waals surface area (Å²) in [6, 6.07) is 14.4. The summed E-state index contributed by atoms with van der Waals surface area (Å²) in [6.45, 7) is 0.427. The molecular formula is C22H27N3O4S. The minimum absolute atomic E-state index is 0.0383. The van der Waals surface area contributed by atoms with Crippen LogP contribution in [-0.2, 0) is 15.6 Å². The van der Waals surface area contributed by atoms with Gasteiger partial charge in [-0.1, -0.05) is 49.2 Å². The number of nitrogens with zero attached hydrogens (tertiary/aromatic N) is 2. The molecule has 1 aromatic carbocycles. The van der Waals surface area contributed by atoms with Crippen molar-refractivity contribution in [3.8, 4) is 0 Å². The van der Waals surface area contributed by atoms with Crippen LogP contribution in [0.25, 0.3) is 0 Å². The summed E-state index contributed by atoms with van der Waals surface area (Å²) in [5.74, 6) is -0.135. The average molecular weight is 430 g/mol. The fourth-order valence-corrected chi connectivity index (χ4v) is 5.46. The molecule has 0 bridgehead atoms. The highest BCUT2D eigenvalue weighted by atomic mass is 32.2. The summed E-state index contributed by atoms with van der Waals surface area (Å²) in [4.78, 5) is 19.4. The Kier molecular flexibility index (Phi) is 5.55. The van der Waals surface area contributed by atoms with Crippen molar-refractivity contribution >= 4 is 21.7 Å². The van der Waals surface area contributed by atoms with Gasteiger partial charge in [-0.15, -0.1) is 0 Å². The summed E-state index contributed by atoms with van der Waals surface area (Å²) in [7, 11) is -3.48. The molecule has 1 aliphatic carbocycles. The van der Waals surface area contributed by atoms with E-state index in [0.717, 1.165) is 37.5 Å². The van der Waals surface area contributed by atoms with E-state index < -0.39 is 15.6 Å². The van der Waals surface area contributed by atoms with Gasteiger partial charge in [-0.3, -0.25) is 9.52 Å². The van der Waals surface area contributed by atoms with Gasteiger partial charge in [0, 0.05) is 18.5 Å². The molecule has 3 unspecified atom stereocenters. The number of benzene rings is 1. The zero-order valence-electron chi connectivity index (χ0n) is 17.0. The highest BCUT2D eigenvalue weighted by Crippen LogP contribution is 2.47. The van der Waals surface area contributed by atoms with Crippen LogP contribution in [0.4, 0.5) is 5.82 Å². The summed E-state index contributed by atoms with van der Waals surface area (Å²) < 4.78 is 25.3. The van der Waals surface area contributed by atoms with E-state index >= 15 is 0 Å². The normalized spacial score (nSPS) is 26.7. The number of aromatic nitrogens is 1. The van der Waals surface area contributed by atoms with Crippen molar-refractivity contribution in [1.82, 2.24) is 9.88 Å². The van der Waals surface area contributed by atoms with Gasteiger partial charge in [-0.25, -0.2) is 13.4 Å². The Labute approximate surface area is 177 Å². The highest BCUT2D eigenvalue weighted by Gasteiger charge is 2.50. The maximum atomic E-state index is 13.3. The standard InChI is InChI=1S/C22H27N3O4S/c1-30(28,29)24-20-13-7-11-18(23-20)21(26)25-15-14-22(27,16-8-3-2-4-9-16)17-10-5-6-12-19(17)25/h2-4,7-9,11,13,17,19,27H,5-6,10,12,14-15H2,1H3,(H,23,24). The Morgan fingerprint density at radius 1 is 1.13 bits per heavy atom. The van der Waals surface area contributed by atoms with Crippen LogP contribution in [0.15, 0.2) is 48.5 Å². The molecule has 1 saturated carbocycles. The SMILES string of the molecule is CS(=O)(=O)Nc1cccc(C(=O)N2CCC(O)(c3ccccc3)C3CCCCC32)n1. The molecule has 4 rings (SSSR count). The van der Waals surface area contributed by atoms with Gasteiger partial charge in [0.15, 0.2) is 0 Å². The summed E-state index contributed by atoms with van der Waals surface area (Å²) in [5, 5.41) is 11.6. The smallest absolute Gasteiger partial charge is 0.272 e. The lowest BCUT2D eigenvalue weighted by Gasteiger charge is -2.52. The van der Waals surface area contributed by atoms with Crippen molar-refractivity contribution in [2.24, 2.45) is 5.92 Å². The second-order valence-electron chi connectivity index (χ2n) is 8.28. The lowest BCUT2D eigenvalue weighted by molar-refractivity contribution is -0.110. The first-order valence-corrected chi connectivity index (χ1v) is 12.2. The van der Waals surface area contributed by atoms with Crippen LogP contribution in [-0.4, -0.2) is 48.2 Å². The topological polar surface area (TPSA) is 99.6 Å². The number of amides is 1. The quantitative estimate of drug-likeness (QED) is 0.779. The lowest BCUT2D eigenvalue weighted by atomic mass is 9.66. The number of hydrogen-bond acceptors (Lipinski definition) is 5. The van der Waals surface area contributed by atoms with E-state index in [0.29, 0.717) is 13.0 Å². The van der Waals surface area contributed by atoms with E-state index in [1.54, 1.807) is 12.1 Å². The number of likely N-dealkylation sites (tertiary alicyclic amines) is 1. The number of carbonyl (C=O) groups is 1. The zero-order chi connectivity index (χ0) is 21.4. The molecule has 2 aromatic rings. The van der Waals surface area contributed by atoms with E-state index in [9.17, 15) is 18.3 Å². The minimum atomic E-state index is -3.48. The van der Waals surface area contributed by atoms with Crippen molar-refractivity contribution in [1.29, 1.82) is 0 Å². The van der Waals surface area contributed by atoms with Gasteiger partial charge in [-0.2, -0.15) is 0 Å². The van der Waals surface area contributed by atoms with E-state index in [1.807, 2.05) is 35.2 Å². The minimum Gasteiger partial charge on any atom is -0.385 e. The average Bonchev–Trinajstić information content (AvgIpc) is 2.73. The Hall–Kier alpha value is -2.45. The van der Waals surface area contributed by atoms with Crippen molar-refractivity contribution in [2.75, 3.05) is 17.5 Å². The Morgan fingerprint density at radius 3 is 2.60 bits per heavy atom. The molecule has 1 saturated heterocycles. The molecule has 2 fully saturated rings. The molecule has 7 nitrogen and oxygen atoms in total. The summed E-state index contributed by atoms with van der Waals surface area (Å²) in [5.41, 5.74) is 0.167. The maximum absolute atomic E-state index is 13.3. The summed E-state index contributed by atoms with van der Waals surface area (Å²) >= 11 is 0. The zero-order valence-corrected chi connectivity index (χ0v) is 17.8. The second-order valence-corrected chi connectivity index (χ2v) is 10.0. The molecule has 1 amide bonds. The number of rotatable bonds is 4. The fraction of sp³-hybridized carbons (Fsp3) is 0.455. The highest BCUT2D eigenvalue weighted by molar-refractivity contribution is 7.92. The van der Waals surface area contributed by atoms with Crippen LogP contribution in [0.2, 0.25) is 0 Å². The molecule has 2 aliphatic rings. The third-order valence-electron chi connectivity index (χ3n) is 6.27. The monoisotopic (exact) mass is 429 g/mol. The van der Waals surface area contributed by atoms with Crippen LogP contribution in [0, 0.1) is 5.92 Å². The van der Waals surface area contributed by atoms with Crippen LogP contribution < -0.4 is 4.72 Å². The molecule has 1 aromatic heterocycles. The maximum Gasteiger partial charge on any atom is 0.272 e. The van der Waals surface area contributed by atoms with E-state index in [1.165, 1.54) is 6.07 Å². The molecule has 3 atom stereocenters. The third-order valence-corrected chi connectivity index (χ3v) is 6.85. The lowest BCUT2D eigenvalue weighted by Crippen LogP contribution is -2.59. The number of piperidine rings is 1. The van der Waals surface area contributed by atoms with E-state index in [4.69, 9.17) is 0 Å². The first-order chi connectivity index (χ1) is 14.3. The van der Waals surface area contributed by atoms with E-state index in [-0.39, 0.29) is 29.4 Å². The number of carbonyl (C=O) groups excluding carboxylic acids is 1. The molecule has 160 valence electrons. The van der Waals surface area contributed by atoms with Crippen molar-refractivity contribution < 1.29 is 18.3 Å². The van der Waals surface area contributed by atoms with Gasteiger partial charge in [0.2, 0.25) is 10.0 Å². The third kappa shape index (κ3) is 4.06. The number of fused-ring (bicyclic) bond motifs is 1. The number of hydrogen-bond donors (Lipinski definition) is 2. The van der Waals surface area contributed by atoms with Gasteiger partial charge in [0.05, 0.1) is 11.9 Å². The Bertz CT molecular complexity index is 1030. The number of pyridine rings is 1. The number of anilines is 1. The first kappa shape index (κ1) is 20.8. The molecule has 2 N–H and O–H groups in total. The van der Waals surface area contributed by atoms with E-state index in [2.05, 4.69) is 9.71 Å². The van der Waals surface area contributed by atoms with Gasteiger partial charge in [0.1, 0.15) is 11.5 Å². The van der Waals surface area contributed by atoms with Crippen LogP contribution in [0.1, 0.15) is 48.2 Å². The van der Waals surface area contributed by atoms with Crippen molar-refractivity contribution in [2.45, 2.75) is 43.7 Å². The molecule has 30 heavy (non-hydrogen) atoms. The van der Waals surface area contributed by atoms with Gasteiger partial charge in [-0.05, 0) is 37.0 Å². The number of nitrogens with one attached hydrogen (secondary N) is 1. The Balaban J connectivity index is 1.62. The predicted molar refractivity (Wildman–Crippen MR) is 114 cm³/mol. The number of sulfonamides is 1. The van der Waals surface area contributed by atoms with Crippen molar-refractivity contribution in [3.05, 3.63) is 59.8 Å². The van der Waals surface area contributed by atoms with Gasteiger partial charge < -0.3 is 10.0 Å². The Morgan fingerprint density at radius 2 is 1.87 bits per heavy atom. The van der Waals surface area contributed by atoms with Crippen LogP contribution >= 0.6 is 0 Å². The predicted octanol–water partition coefficient (Wildman–Crippen LogP) is 2.75. The first-order valence-electron chi connectivity index (χ1n) is 10.3. The molecule has 2 heterocycles. The van der Waals surface area contributed by atoms with Crippen LogP contribution in [0.3, 0.4) is 0 Å². The second kappa shape index (κ2) is 8.00. The molecule has 1 aliphatic heterocycles. The molecule has 0 radical (unpaired) electrons. The number of aliphatic hydroxyl groups is 1. The van der Waals surface area contributed by atoms with Crippen molar-refractivity contribution in [3.63, 3.8) is 0 Å². The fourth-order valence-electron chi connectivity index (χ4n) is 4.97. The molecule has 0 spiro atoms. The van der Waals surface area contributed by atoms with Crippen LogP contribution in [0.5, 0.6) is 0 Å². The largest absolute Gasteiger partial charge is 0.385 e. The van der Waals surface area contributed by atoms with Gasteiger partial charge >= 0.3 is 0 Å². The molecular weight excluding hydrogens is 402 g/mol. The van der Waals surface area contributed by atoms with Gasteiger partial charge in [0.25, 0.3) is 5.91 Å².